The van der Waals surface area contributed by atoms with E-state index in [-0.39, 0.29) is 12.5 Å². The molecule has 1 fully saturated rings. The van der Waals surface area contributed by atoms with Crippen molar-refractivity contribution in [1.82, 2.24) is 0 Å². The second-order valence-corrected chi connectivity index (χ2v) is 4.49. The normalized spacial score (nSPS) is 29.5. The van der Waals surface area contributed by atoms with Crippen molar-refractivity contribution in [2.45, 2.75) is 51.5 Å². The third kappa shape index (κ3) is 2.63. The van der Waals surface area contributed by atoms with Gasteiger partial charge >= 0.3 is 0 Å². The first-order valence-corrected chi connectivity index (χ1v) is 5.07. The molecular weight excluding hydrogens is 172 g/mol. The second-order valence-electron chi connectivity index (χ2n) is 4.49. The van der Waals surface area contributed by atoms with Crippen LogP contribution in [-0.2, 0) is 0 Å². The minimum Gasteiger partial charge on any atom is -0.327 e. The topological polar surface area (TPSA) is 26.0 Å². The maximum Gasteiger partial charge on any atom is 0.251 e. The Morgan fingerprint density at radius 2 is 2.08 bits per heavy atom. The van der Waals surface area contributed by atoms with Crippen molar-refractivity contribution in [3.05, 3.63) is 0 Å². The number of rotatable bonds is 3. The number of alkyl halides is 2. The van der Waals surface area contributed by atoms with Crippen LogP contribution in [0.3, 0.4) is 0 Å². The van der Waals surface area contributed by atoms with Gasteiger partial charge in [-0.05, 0) is 25.2 Å². The van der Waals surface area contributed by atoms with Gasteiger partial charge in [-0.15, -0.1) is 0 Å². The Morgan fingerprint density at radius 3 is 2.46 bits per heavy atom. The van der Waals surface area contributed by atoms with E-state index in [1.807, 2.05) is 13.8 Å². The molecule has 0 aromatic heterocycles. The molecule has 0 saturated heterocycles. The highest BCUT2D eigenvalue weighted by Gasteiger charge is 2.44. The molecule has 3 heteroatoms. The van der Waals surface area contributed by atoms with Gasteiger partial charge in [0.05, 0.1) is 0 Å². The second kappa shape index (κ2) is 3.91. The Balaban J connectivity index is 2.45. The van der Waals surface area contributed by atoms with E-state index >= 15 is 0 Å². The van der Waals surface area contributed by atoms with Crippen LogP contribution in [-0.4, -0.2) is 12.0 Å². The molecule has 0 aliphatic heterocycles. The molecule has 0 radical (unpaired) electrons. The number of hydrogen-bond acceptors (Lipinski definition) is 1. The van der Waals surface area contributed by atoms with E-state index in [2.05, 4.69) is 0 Å². The highest BCUT2D eigenvalue weighted by atomic mass is 19.3. The molecule has 13 heavy (non-hydrogen) atoms. The number of nitrogens with two attached hydrogens (primary N) is 1. The molecule has 0 aromatic carbocycles. The Morgan fingerprint density at radius 1 is 1.46 bits per heavy atom. The van der Waals surface area contributed by atoms with Gasteiger partial charge in [-0.2, -0.15) is 0 Å². The first-order chi connectivity index (χ1) is 5.93. The average Bonchev–Trinajstić information content (AvgIpc) is 2.30. The van der Waals surface area contributed by atoms with Crippen LogP contribution in [0.2, 0.25) is 0 Å². The molecule has 2 unspecified atom stereocenters. The fourth-order valence-corrected chi connectivity index (χ4v) is 1.89. The van der Waals surface area contributed by atoms with Gasteiger partial charge in [0.2, 0.25) is 0 Å². The maximum absolute atomic E-state index is 13.2. The van der Waals surface area contributed by atoms with E-state index in [0.717, 1.165) is 0 Å². The predicted molar refractivity (Wildman–Crippen MR) is 49.7 cm³/mol. The highest BCUT2D eigenvalue weighted by Crippen LogP contribution is 2.42. The molecule has 78 valence electrons. The highest BCUT2D eigenvalue weighted by molar-refractivity contribution is 4.87. The Labute approximate surface area is 78.7 Å². The average molecular weight is 191 g/mol. The summed E-state index contributed by atoms with van der Waals surface area (Å²) < 4.78 is 26.4. The molecule has 1 nitrogen and oxygen atoms in total. The van der Waals surface area contributed by atoms with E-state index < -0.39 is 11.8 Å². The van der Waals surface area contributed by atoms with Crippen molar-refractivity contribution in [2.24, 2.45) is 17.6 Å². The van der Waals surface area contributed by atoms with E-state index in [0.29, 0.717) is 25.2 Å². The number of halogens is 2. The zero-order valence-corrected chi connectivity index (χ0v) is 8.39. The lowest BCUT2D eigenvalue weighted by molar-refractivity contribution is -0.0425. The van der Waals surface area contributed by atoms with Gasteiger partial charge in [-0.25, -0.2) is 8.78 Å². The van der Waals surface area contributed by atoms with Gasteiger partial charge in [0, 0.05) is 18.4 Å². The van der Waals surface area contributed by atoms with Gasteiger partial charge in [0.25, 0.3) is 5.92 Å². The van der Waals surface area contributed by atoms with Crippen LogP contribution in [0.4, 0.5) is 8.78 Å². The summed E-state index contributed by atoms with van der Waals surface area (Å²) in [6, 6.07) is -0.0750. The SMILES string of the molecule is CC(C)C(N)CC1CCCC1(F)F. The molecule has 2 atom stereocenters. The minimum atomic E-state index is -2.45. The molecule has 2 N–H and O–H groups in total. The smallest absolute Gasteiger partial charge is 0.251 e. The maximum atomic E-state index is 13.2. The molecule has 1 aliphatic rings. The molecule has 0 aromatic rings. The summed E-state index contributed by atoms with van der Waals surface area (Å²) in [7, 11) is 0. The quantitative estimate of drug-likeness (QED) is 0.729. The van der Waals surface area contributed by atoms with Gasteiger partial charge in [0.15, 0.2) is 0 Å². The molecule has 0 amide bonds. The third-order valence-corrected chi connectivity index (χ3v) is 3.07. The first kappa shape index (κ1) is 10.9. The molecule has 0 bridgehead atoms. The molecule has 1 aliphatic carbocycles. The fourth-order valence-electron chi connectivity index (χ4n) is 1.89. The van der Waals surface area contributed by atoms with Crippen molar-refractivity contribution >= 4 is 0 Å². The first-order valence-electron chi connectivity index (χ1n) is 5.07. The fraction of sp³-hybridized carbons (Fsp3) is 1.00. The summed E-state index contributed by atoms with van der Waals surface area (Å²) in [4.78, 5) is 0. The molecular formula is C10H19F2N. The molecule has 1 saturated carbocycles. The monoisotopic (exact) mass is 191 g/mol. The summed E-state index contributed by atoms with van der Waals surface area (Å²) in [5.41, 5.74) is 5.78. The zero-order chi connectivity index (χ0) is 10.1. The Kier molecular flexibility index (Phi) is 3.28. The predicted octanol–water partition coefficient (Wildman–Crippen LogP) is 2.80. The van der Waals surface area contributed by atoms with Gasteiger partial charge in [0.1, 0.15) is 0 Å². The summed E-state index contributed by atoms with van der Waals surface area (Å²) in [6.45, 7) is 3.97. The van der Waals surface area contributed by atoms with Crippen LogP contribution in [0.1, 0.15) is 39.5 Å². The third-order valence-electron chi connectivity index (χ3n) is 3.07. The molecule has 1 rings (SSSR count). The Bertz CT molecular complexity index is 168. The van der Waals surface area contributed by atoms with Crippen molar-refractivity contribution in [1.29, 1.82) is 0 Å². The van der Waals surface area contributed by atoms with Gasteiger partial charge in [-0.1, -0.05) is 13.8 Å². The largest absolute Gasteiger partial charge is 0.327 e. The summed E-state index contributed by atoms with van der Waals surface area (Å²) >= 11 is 0. The van der Waals surface area contributed by atoms with E-state index in [4.69, 9.17) is 5.73 Å². The zero-order valence-electron chi connectivity index (χ0n) is 8.39. The summed E-state index contributed by atoms with van der Waals surface area (Å²) in [5, 5.41) is 0. The Hall–Kier alpha value is -0.180. The minimum absolute atomic E-state index is 0.0580. The van der Waals surface area contributed by atoms with Crippen LogP contribution < -0.4 is 5.73 Å². The number of hydrogen-bond donors (Lipinski definition) is 1. The molecule has 0 heterocycles. The van der Waals surface area contributed by atoms with Crippen LogP contribution in [0.5, 0.6) is 0 Å². The van der Waals surface area contributed by atoms with E-state index in [1.165, 1.54) is 0 Å². The lowest BCUT2D eigenvalue weighted by Crippen LogP contribution is -2.33. The van der Waals surface area contributed by atoms with Crippen molar-refractivity contribution in [3.63, 3.8) is 0 Å². The van der Waals surface area contributed by atoms with Crippen molar-refractivity contribution in [3.8, 4) is 0 Å². The molecule has 0 spiro atoms. The van der Waals surface area contributed by atoms with Crippen LogP contribution in [0.25, 0.3) is 0 Å². The van der Waals surface area contributed by atoms with Crippen LogP contribution >= 0.6 is 0 Å². The van der Waals surface area contributed by atoms with E-state index in [1.54, 1.807) is 0 Å². The van der Waals surface area contributed by atoms with E-state index in [9.17, 15) is 8.78 Å². The van der Waals surface area contributed by atoms with Crippen molar-refractivity contribution < 1.29 is 8.78 Å². The van der Waals surface area contributed by atoms with Gasteiger partial charge < -0.3 is 5.73 Å². The van der Waals surface area contributed by atoms with Crippen LogP contribution in [0, 0.1) is 11.8 Å². The standard InChI is InChI=1S/C10H19F2N/c1-7(2)9(13)6-8-4-3-5-10(8,11)12/h7-9H,3-6,13H2,1-2H3. The van der Waals surface area contributed by atoms with Crippen LogP contribution in [0.15, 0.2) is 0 Å². The lowest BCUT2D eigenvalue weighted by Gasteiger charge is -2.24. The van der Waals surface area contributed by atoms with Gasteiger partial charge in [-0.3, -0.25) is 0 Å². The summed E-state index contributed by atoms with van der Waals surface area (Å²) in [6.07, 6.45) is 1.84. The summed E-state index contributed by atoms with van der Waals surface area (Å²) in [5.74, 6) is -2.62. The lowest BCUT2D eigenvalue weighted by atomic mass is 9.91. The van der Waals surface area contributed by atoms with Crippen molar-refractivity contribution in [2.75, 3.05) is 0 Å².